The van der Waals surface area contributed by atoms with E-state index in [0.29, 0.717) is 5.56 Å². The van der Waals surface area contributed by atoms with Crippen LogP contribution in [0.4, 0.5) is 5.69 Å². The Hall–Kier alpha value is -1.93. The Kier molecular flexibility index (Phi) is 4.83. The molecule has 0 heterocycles. The topological polar surface area (TPSA) is 83.5 Å². The van der Waals surface area contributed by atoms with E-state index < -0.39 is 20.9 Å². The lowest BCUT2D eigenvalue weighted by Crippen LogP contribution is -2.14. The summed E-state index contributed by atoms with van der Waals surface area (Å²) >= 11 is 9.24. The molecule has 0 fully saturated rings. The van der Waals surface area contributed by atoms with E-state index >= 15 is 0 Å². The summed E-state index contributed by atoms with van der Waals surface area (Å²) in [5.74, 6) is -0.517. The number of carbonyl (C=O) groups is 1. The van der Waals surface area contributed by atoms with Gasteiger partial charge < -0.3 is 5.32 Å². The molecule has 0 spiro atoms. The van der Waals surface area contributed by atoms with E-state index in [-0.39, 0.29) is 10.7 Å². The summed E-state index contributed by atoms with van der Waals surface area (Å²) in [7, 11) is -4.50. The molecule has 0 aliphatic rings. The van der Waals surface area contributed by atoms with Crippen LogP contribution in [0.2, 0.25) is 5.02 Å². The van der Waals surface area contributed by atoms with Crippen molar-refractivity contribution in [3.63, 3.8) is 0 Å². The molecule has 8 heteroatoms. The van der Waals surface area contributed by atoms with E-state index in [1.54, 1.807) is 18.2 Å². The summed E-state index contributed by atoms with van der Waals surface area (Å²) in [5.41, 5.74) is 0.256. The fourth-order valence-electron chi connectivity index (χ4n) is 2.38. The van der Waals surface area contributed by atoms with Gasteiger partial charge in [-0.15, -0.1) is 0 Å². The van der Waals surface area contributed by atoms with Gasteiger partial charge in [0.2, 0.25) is 0 Å². The summed E-state index contributed by atoms with van der Waals surface area (Å²) in [6.45, 7) is 0. The van der Waals surface area contributed by atoms with Gasteiger partial charge in [-0.3, -0.25) is 9.35 Å². The van der Waals surface area contributed by atoms with Crippen molar-refractivity contribution in [2.24, 2.45) is 0 Å². The van der Waals surface area contributed by atoms with Gasteiger partial charge in [-0.1, -0.05) is 39.7 Å². The fourth-order valence-corrected chi connectivity index (χ4v) is 3.56. The lowest BCUT2D eigenvalue weighted by molar-refractivity contribution is 0.102. The number of nitrogens with one attached hydrogen (secondary N) is 1. The van der Waals surface area contributed by atoms with Gasteiger partial charge in [-0.05, 0) is 53.2 Å². The Morgan fingerprint density at radius 1 is 1.00 bits per heavy atom. The van der Waals surface area contributed by atoms with Crippen LogP contribution in [0.15, 0.2) is 64.0 Å². The van der Waals surface area contributed by atoms with Crippen molar-refractivity contribution >= 4 is 60.0 Å². The predicted octanol–water partition coefficient (Wildman–Crippen LogP) is 4.75. The summed E-state index contributed by atoms with van der Waals surface area (Å²) in [4.78, 5) is 12.1. The number of carbonyl (C=O) groups excluding carboxylic acids is 1. The maximum absolute atomic E-state index is 12.5. The van der Waals surface area contributed by atoms with E-state index in [1.165, 1.54) is 12.1 Å². The zero-order valence-corrected chi connectivity index (χ0v) is 15.7. The van der Waals surface area contributed by atoms with Crippen LogP contribution < -0.4 is 5.32 Å². The molecule has 25 heavy (non-hydrogen) atoms. The Morgan fingerprint density at radius 2 is 1.68 bits per heavy atom. The van der Waals surface area contributed by atoms with Crippen LogP contribution >= 0.6 is 27.5 Å². The highest BCUT2D eigenvalue weighted by molar-refractivity contribution is 9.10. The molecule has 0 aliphatic carbocycles. The number of hydrogen-bond acceptors (Lipinski definition) is 3. The maximum Gasteiger partial charge on any atom is 0.296 e. The summed E-state index contributed by atoms with van der Waals surface area (Å²) in [6, 6.07) is 14.5. The molecular weight excluding hydrogens is 430 g/mol. The Labute approximate surface area is 157 Å². The number of benzene rings is 3. The first-order valence-electron chi connectivity index (χ1n) is 7.02. The van der Waals surface area contributed by atoms with Crippen LogP contribution in [-0.4, -0.2) is 18.9 Å². The highest BCUT2D eigenvalue weighted by Crippen LogP contribution is 2.26. The van der Waals surface area contributed by atoms with Gasteiger partial charge in [0.1, 0.15) is 4.90 Å². The first-order chi connectivity index (χ1) is 11.7. The van der Waals surface area contributed by atoms with E-state index in [1.807, 2.05) is 18.2 Å². The second kappa shape index (κ2) is 6.76. The predicted molar refractivity (Wildman–Crippen MR) is 101 cm³/mol. The van der Waals surface area contributed by atoms with Gasteiger partial charge in [0, 0.05) is 15.1 Å². The summed E-state index contributed by atoms with van der Waals surface area (Å²) in [5, 5.41) is 4.52. The van der Waals surface area contributed by atoms with Crippen molar-refractivity contribution in [1.82, 2.24) is 0 Å². The molecule has 0 unspecified atom stereocenters. The maximum atomic E-state index is 12.5. The Balaban J connectivity index is 1.98. The van der Waals surface area contributed by atoms with Crippen molar-refractivity contribution < 1.29 is 17.8 Å². The van der Waals surface area contributed by atoms with Gasteiger partial charge in [0.05, 0.1) is 5.69 Å². The van der Waals surface area contributed by atoms with E-state index in [4.69, 9.17) is 11.6 Å². The summed E-state index contributed by atoms with van der Waals surface area (Å²) in [6.07, 6.45) is 0. The smallest absolute Gasteiger partial charge is 0.296 e. The normalized spacial score (nSPS) is 11.5. The van der Waals surface area contributed by atoms with E-state index in [2.05, 4.69) is 21.2 Å². The van der Waals surface area contributed by atoms with Gasteiger partial charge in [0.15, 0.2) is 0 Å². The van der Waals surface area contributed by atoms with Crippen molar-refractivity contribution in [2.45, 2.75) is 4.90 Å². The van der Waals surface area contributed by atoms with Gasteiger partial charge >= 0.3 is 0 Å². The lowest BCUT2D eigenvalue weighted by atomic mass is 10.1. The average Bonchev–Trinajstić information content (AvgIpc) is 2.53. The molecule has 0 radical (unpaired) electrons. The minimum atomic E-state index is -4.50. The third kappa shape index (κ3) is 4.01. The van der Waals surface area contributed by atoms with Gasteiger partial charge in [-0.2, -0.15) is 8.42 Å². The van der Waals surface area contributed by atoms with Crippen LogP contribution in [0.25, 0.3) is 10.8 Å². The molecule has 0 aliphatic heterocycles. The molecule has 3 rings (SSSR count). The molecule has 5 nitrogen and oxygen atoms in total. The number of anilines is 1. The van der Waals surface area contributed by atoms with Crippen LogP contribution in [0.1, 0.15) is 10.4 Å². The number of hydrogen-bond donors (Lipinski definition) is 2. The minimum absolute atomic E-state index is 0.0871. The standard InChI is InChI=1S/C17H11BrClNO4S/c18-13-4-3-10-7-12(2-1-11(10)8-13)17(21)20-15-9-14(19)5-6-16(15)25(22,23)24/h1-9H,(H,20,21)(H,22,23,24). The molecule has 0 saturated carbocycles. The first-order valence-corrected chi connectivity index (χ1v) is 9.63. The highest BCUT2D eigenvalue weighted by Gasteiger charge is 2.18. The number of fused-ring (bicyclic) bond motifs is 1. The molecule has 3 aromatic carbocycles. The SMILES string of the molecule is O=C(Nc1cc(Cl)ccc1S(=O)(=O)O)c1ccc2cc(Br)ccc2c1. The summed E-state index contributed by atoms with van der Waals surface area (Å²) < 4.78 is 33.1. The largest absolute Gasteiger partial charge is 0.321 e. The highest BCUT2D eigenvalue weighted by atomic mass is 79.9. The molecule has 1 amide bonds. The van der Waals surface area contributed by atoms with Gasteiger partial charge in [0.25, 0.3) is 16.0 Å². The quantitative estimate of drug-likeness (QED) is 0.575. The fraction of sp³-hybridized carbons (Fsp3) is 0. The van der Waals surface area contributed by atoms with Crippen LogP contribution in [0, 0.1) is 0 Å². The molecule has 128 valence electrons. The van der Waals surface area contributed by atoms with Gasteiger partial charge in [-0.25, -0.2) is 0 Å². The average molecular weight is 441 g/mol. The number of amides is 1. The van der Waals surface area contributed by atoms with Crippen molar-refractivity contribution in [2.75, 3.05) is 5.32 Å². The Morgan fingerprint density at radius 3 is 2.40 bits per heavy atom. The number of halogens is 2. The van der Waals surface area contributed by atoms with Crippen LogP contribution in [0.5, 0.6) is 0 Å². The molecule has 0 atom stereocenters. The first kappa shape index (κ1) is 17.9. The minimum Gasteiger partial charge on any atom is -0.321 e. The molecule has 0 bridgehead atoms. The number of rotatable bonds is 3. The van der Waals surface area contributed by atoms with Crippen molar-refractivity contribution in [1.29, 1.82) is 0 Å². The third-order valence-electron chi connectivity index (χ3n) is 3.53. The molecular formula is C17H11BrClNO4S. The van der Waals surface area contributed by atoms with Crippen LogP contribution in [-0.2, 0) is 10.1 Å². The molecule has 2 N–H and O–H groups in total. The van der Waals surface area contributed by atoms with Crippen molar-refractivity contribution in [3.05, 3.63) is 69.7 Å². The van der Waals surface area contributed by atoms with Crippen molar-refractivity contribution in [3.8, 4) is 0 Å². The van der Waals surface area contributed by atoms with E-state index in [9.17, 15) is 17.8 Å². The second-order valence-electron chi connectivity index (χ2n) is 5.28. The monoisotopic (exact) mass is 439 g/mol. The zero-order valence-electron chi connectivity index (χ0n) is 12.5. The van der Waals surface area contributed by atoms with E-state index in [0.717, 1.165) is 21.3 Å². The third-order valence-corrected chi connectivity index (χ3v) is 5.17. The Bertz CT molecular complexity index is 1100. The zero-order chi connectivity index (χ0) is 18.2. The molecule has 3 aromatic rings. The second-order valence-corrected chi connectivity index (χ2v) is 8.02. The molecule has 0 aromatic heterocycles. The molecule has 0 saturated heterocycles. The van der Waals surface area contributed by atoms with Crippen LogP contribution in [0.3, 0.4) is 0 Å². The lowest BCUT2D eigenvalue weighted by Gasteiger charge is -2.10.